The molecule has 86 valence electrons. The Bertz CT molecular complexity index is 238. The minimum absolute atomic E-state index is 0.101. The molecule has 0 bridgehead atoms. The molecule has 7 heteroatoms. The molecule has 14 heavy (non-hydrogen) atoms. The number of rotatable bonds is 7. The van der Waals surface area contributed by atoms with E-state index < -0.39 is 16.2 Å². The summed E-state index contributed by atoms with van der Waals surface area (Å²) in [6.07, 6.45) is -0.594. The van der Waals surface area contributed by atoms with Gasteiger partial charge in [0, 0.05) is 19.6 Å². The van der Waals surface area contributed by atoms with Crippen LogP contribution in [0.4, 0.5) is 0 Å². The zero-order valence-electron chi connectivity index (χ0n) is 8.13. The molecule has 0 aliphatic heterocycles. The van der Waals surface area contributed by atoms with E-state index in [0.717, 1.165) is 0 Å². The molecular weight excluding hydrogens is 210 g/mol. The second-order valence-corrected chi connectivity index (χ2v) is 4.73. The Balaban J connectivity index is 3.96. The third-order valence-electron chi connectivity index (χ3n) is 1.60. The zero-order chi connectivity index (χ0) is 11.2. The quantitative estimate of drug-likeness (QED) is 0.460. The molecule has 1 atom stereocenters. The summed E-state index contributed by atoms with van der Waals surface area (Å²) in [6.45, 7) is 2.11. The van der Waals surface area contributed by atoms with Crippen molar-refractivity contribution in [2.24, 2.45) is 0 Å². The van der Waals surface area contributed by atoms with Crippen molar-refractivity contribution < 1.29 is 23.2 Å². The molecule has 0 rings (SSSR count). The van der Waals surface area contributed by atoms with Crippen molar-refractivity contribution in [2.75, 3.05) is 32.0 Å². The van der Waals surface area contributed by atoms with Crippen LogP contribution in [0, 0.1) is 0 Å². The average Bonchev–Trinajstić information content (AvgIpc) is 1.98. The fourth-order valence-electron chi connectivity index (χ4n) is 1.05. The Morgan fingerprint density at radius 3 is 2.29 bits per heavy atom. The van der Waals surface area contributed by atoms with Gasteiger partial charge in [-0.05, 0) is 6.92 Å². The second kappa shape index (κ2) is 6.31. The van der Waals surface area contributed by atoms with Crippen LogP contribution >= 0.6 is 0 Å². The van der Waals surface area contributed by atoms with Crippen molar-refractivity contribution in [3.05, 3.63) is 0 Å². The summed E-state index contributed by atoms with van der Waals surface area (Å²) in [5, 5.41) is 17.7. The molecule has 1 unspecified atom stereocenters. The Hall–Kier alpha value is -0.210. The highest BCUT2D eigenvalue weighted by Gasteiger charge is 2.11. The third-order valence-corrected chi connectivity index (χ3v) is 2.30. The largest absolute Gasteiger partial charge is 0.395 e. The molecule has 0 saturated carbocycles. The molecule has 0 aliphatic rings. The highest BCUT2D eigenvalue weighted by Crippen LogP contribution is 1.94. The smallest absolute Gasteiger partial charge is 0.266 e. The van der Waals surface area contributed by atoms with Gasteiger partial charge in [0.15, 0.2) is 0 Å². The minimum Gasteiger partial charge on any atom is -0.395 e. The minimum atomic E-state index is -3.98. The van der Waals surface area contributed by atoms with Crippen LogP contribution < -0.4 is 0 Å². The highest BCUT2D eigenvalue weighted by molar-refractivity contribution is 7.85. The van der Waals surface area contributed by atoms with Crippen molar-refractivity contribution in [3.8, 4) is 0 Å². The van der Waals surface area contributed by atoms with Gasteiger partial charge in [0.1, 0.15) is 0 Å². The molecule has 0 saturated heterocycles. The molecule has 0 amide bonds. The predicted molar refractivity (Wildman–Crippen MR) is 51.6 cm³/mol. The first kappa shape index (κ1) is 13.8. The molecule has 6 nitrogen and oxygen atoms in total. The SMILES string of the molecule is CC(O)CN(CCO)CCS(=O)(=O)O. The predicted octanol–water partition coefficient (Wildman–Crippen LogP) is -1.45. The van der Waals surface area contributed by atoms with Crippen LogP contribution in [0.15, 0.2) is 0 Å². The second-order valence-electron chi connectivity index (χ2n) is 3.16. The molecule has 0 heterocycles. The molecular formula is C7H17NO5S. The molecule has 0 radical (unpaired) electrons. The van der Waals surface area contributed by atoms with Crippen molar-refractivity contribution in [1.29, 1.82) is 0 Å². The van der Waals surface area contributed by atoms with E-state index in [0.29, 0.717) is 0 Å². The van der Waals surface area contributed by atoms with Gasteiger partial charge in [0.05, 0.1) is 18.5 Å². The molecule has 0 fully saturated rings. The van der Waals surface area contributed by atoms with Crippen LogP contribution in [-0.2, 0) is 10.1 Å². The number of aliphatic hydroxyl groups is 2. The number of hydrogen-bond acceptors (Lipinski definition) is 5. The van der Waals surface area contributed by atoms with Crippen LogP contribution in [0.25, 0.3) is 0 Å². The van der Waals surface area contributed by atoms with E-state index in [1.54, 1.807) is 11.8 Å². The van der Waals surface area contributed by atoms with Crippen LogP contribution in [-0.4, -0.2) is 66.2 Å². The van der Waals surface area contributed by atoms with E-state index in [4.69, 9.17) is 14.8 Å². The molecule has 0 aromatic heterocycles. The highest BCUT2D eigenvalue weighted by atomic mass is 32.2. The lowest BCUT2D eigenvalue weighted by Gasteiger charge is -2.21. The summed E-state index contributed by atoms with van der Waals surface area (Å²) in [5.41, 5.74) is 0. The van der Waals surface area contributed by atoms with E-state index in [1.165, 1.54) is 0 Å². The molecule has 0 aliphatic carbocycles. The van der Waals surface area contributed by atoms with E-state index in [1.807, 2.05) is 0 Å². The number of aliphatic hydroxyl groups excluding tert-OH is 2. The van der Waals surface area contributed by atoms with Crippen LogP contribution in [0.1, 0.15) is 6.92 Å². The van der Waals surface area contributed by atoms with Gasteiger partial charge in [-0.1, -0.05) is 0 Å². The van der Waals surface area contributed by atoms with E-state index >= 15 is 0 Å². The summed E-state index contributed by atoms with van der Waals surface area (Å²) in [7, 11) is -3.98. The topological polar surface area (TPSA) is 98.1 Å². The van der Waals surface area contributed by atoms with E-state index in [2.05, 4.69) is 0 Å². The maximum Gasteiger partial charge on any atom is 0.266 e. The van der Waals surface area contributed by atoms with Crippen LogP contribution in [0.2, 0.25) is 0 Å². The van der Waals surface area contributed by atoms with Gasteiger partial charge in [-0.15, -0.1) is 0 Å². The maximum atomic E-state index is 10.4. The first-order chi connectivity index (χ1) is 6.35. The van der Waals surface area contributed by atoms with Crippen LogP contribution in [0.3, 0.4) is 0 Å². The Morgan fingerprint density at radius 2 is 1.93 bits per heavy atom. The van der Waals surface area contributed by atoms with Crippen molar-refractivity contribution >= 4 is 10.1 Å². The van der Waals surface area contributed by atoms with Gasteiger partial charge in [-0.25, -0.2) is 0 Å². The summed E-state index contributed by atoms with van der Waals surface area (Å²) in [6, 6.07) is 0. The zero-order valence-corrected chi connectivity index (χ0v) is 8.94. The van der Waals surface area contributed by atoms with E-state index in [-0.39, 0.29) is 32.0 Å². The van der Waals surface area contributed by atoms with E-state index in [9.17, 15) is 8.42 Å². The maximum absolute atomic E-state index is 10.4. The Morgan fingerprint density at radius 1 is 1.36 bits per heavy atom. The molecule has 0 spiro atoms. The number of nitrogens with zero attached hydrogens (tertiary/aromatic N) is 1. The fourth-order valence-corrected chi connectivity index (χ4v) is 1.54. The fraction of sp³-hybridized carbons (Fsp3) is 1.00. The molecule has 0 aromatic carbocycles. The summed E-state index contributed by atoms with van der Waals surface area (Å²) in [5.74, 6) is -0.389. The summed E-state index contributed by atoms with van der Waals surface area (Å²) >= 11 is 0. The Kier molecular flexibility index (Phi) is 6.21. The van der Waals surface area contributed by atoms with Crippen molar-refractivity contribution in [2.45, 2.75) is 13.0 Å². The molecule has 0 aromatic rings. The van der Waals surface area contributed by atoms with Gasteiger partial charge >= 0.3 is 0 Å². The lowest BCUT2D eigenvalue weighted by atomic mass is 10.3. The summed E-state index contributed by atoms with van der Waals surface area (Å²) < 4.78 is 29.3. The first-order valence-corrected chi connectivity index (χ1v) is 5.92. The lowest BCUT2D eigenvalue weighted by molar-refractivity contribution is 0.115. The van der Waals surface area contributed by atoms with Crippen molar-refractivity contribution in [1.82, 2.24) is 4.90 Å². The van der Waals surface area contributed by atoms with Gasteiger partial charge < -0.3 is 10.2 Å². The molecule has 3 N–H and O–H groups in total. The van der Waals surface area contributed by atoms with Crippen molar-refractivity contribution in [3.63, 3.8) is 0 Å². The Labute approximate surface area is 83.9 Å². The summed E-state index contributed by atoms with van der Waals surface area (Å²) in [4.78, 5) is 1.57. The van der Waals surface area contributed by atoms with Gasteiger partial charge in [-0.3, -0.25) is 9.45 Å². The average molecular weight is 227 g/mol. The van der Waals surface area contributed by atoms with Gasteiger partial charge in [0.25, 0.3) is 10.1 Å². The standard InChI is InChI=1S/C7H17NO5S/c1-7(10)6-8(2-4-9)3-5-14(11,12)13/h7,9-10H,2-6H2,1H3,(H,11,12,13). The third kappa shape index (κ3) is 8.39. The first-order valence-electron chi connectivity index (χ1n) is 4.31. The van der Waals surface area contributed by atoms with Gasteiger partial charge in [0.2, 0.25) is 0 Å². The van der Waals surface area contributed by atoms with Crippen LogP contribution in [0.5, 0.6) is 0 Å². The normalized spacial score (nSPS) is 14.6. The number of hydrogen-bond donors (Lipinski definition) is 3. The monoisotopic (exact) mass is 227 g/mol. The van der Waals surface area contributed by atoms with Gasteiger partial charge in [-0.2, -0.15) is 8.42 Å². The lowest BCUT2D eigenvalue weighted by Crippen LogP contribution is -2.36.